The SMILES string of the molecule is C[C@H](NC(=O)c1cc(Cl)cc2oc(=O)n(Cc3ccc(Cl)cc3)c12)c1ccc(C(=O)O)cc1. The molecule has 1 aromatic heterocycles. The van der Waals surface area contributed by atoms with Crippen LogP contribution in [0.15, 0.2) is 69.9 Å². The van der Waals surface area contributed by atoms with Crippen LogP contribution in [0.25, 0.3) is 11.1 Å². The summed E-state index contributed by atoms with van der Waals surface area (Å²) < 4.78 is 6.72. The van der Waals surface area contributed by atoms with Crippen LogP contribution in [0.2, 0.25) is 10.0 Å². The van der Waals surface area contributed by atoms with Crippen molar-refractivity contribution in [1.29, 1.82) is 0 Å². The van der Waals surface area contributed by atoms with Gasteiger partial charge in [0.15, 0.2) is 5.58 Å². The average molecular weight is 485 g/mol. The van der Waals surface area contributed by atoms with Crippen LogP contribution in [0.3, 0.4) is 0 Å². The first kappa shape index (κ1) is 22.6. The van der Waals surface area contributed by atoms with Crippen molar-refractivity contribution in [3.63, 3.8) is 0 Å². The third-order valence-corrected chi connectivity index (χ3v) is 5.70. The number of carboxylic acid groups (broad SMARTS) is 1. The molecule has 0 unspecified atom stereocenters. The van der Waals surface area contributed by atoms with Gasteiger partial charge in [-0.25, -0.2) is 9.59 Å². The van der Waals surface area contributed by atoms with Gasteiger partial charge in [-0.1, -0.05) is 47.5 Å². The molecule has 7 nitrogen and oxygen atoms in total. The predicted octanol–water partition coefficient (Wildman–Crippen LogP) is 5.14. The molecular formula is C24H18Cl2N2O5. The van der Waals surface area contributed by atoms with Crippen molar-refractivity contribution in [2.24, 2.45) is 0 Å². The number of hydrogen-bond donors (Lipinski definition) is 2. The summed E-state index contributed by atoms with van der Waals surface area (Å²) in [6, 6.07) is 15.7. The molecule has 0 saturated heterocycles. The monoisotopic (exact) mass is 484 g/mol. The van der Waals surface area contributed by atoms with Crippen molar-refractivity contribution in [3.8, 4) is 0 Å². The van der Waals surface area contributed by atoms with E-state index in [0.717, 1.165) is 11.1 Å². The van der Waals surface area contributed by atoms with Gasteiger partial charge in [0.1, 0.15) is 5.52 Å². The number of nitrogens with zero attached hydrogens (tertiary/aromatic N) is 1. The van der Waals surface area contributed by atoms with Crippen LogP contribution < -0.4 is 11.1 Å². The second-order valence-corrected chi connectivity index (χ2v) is 8.38. The highest BCUT2D eigenvalue weighted by Gasteiger charge is 2.21. The third-order valence-electron chi connectivity index (χ3n) is 5.23. The molecule has 4 rings (SSSR count). The largest absolute Gasteiger partial charge is 0.478 e. The maximum absolute atomic E-state index is 13.2. The lowest BCUT2D eigenvalue weighted by Gasteiger charge is -2.16. The summed E-state index contributed by atoms with van der Waals surface area (Å²) in [5.74, 6) is -2.10. The maximum atomic E-state index is 13.2. The number of fused-ring (bicyclic) bond motifs is 1. The number of aromatic carboxylic acids is 1. The lowest BCUT2D eigenvalue weighted by molar-refractivity contribution is 0.0696. The summed E-state index contributed by atoms with van der Waals surface area (Å²) in [5.41, 5.74) is 2.38. The van der Waals surface area contributed by atoms with E-state index in [0.29, 0.717) is 10.5 Å². The van der Waals surface area contributed by atoms with Crippen LogP contribution in [0.5, 0.6) is 0 Å². The number of hydrogen-bond acceptors (Lipinski definition) is 4. The zero-order valence-corrected chi connectivity index (χ0v) is 18.9. The number of nitrogens with one attached hydrogen (secondary N) is 1. The number of carbonyl (C=O) groups is 2. The minimum absolute atomic E-state index is 0.151. The van der Waals surface area contributed by atoms with Gasteiger partial charge in [-0.2, -0.15) is 0 Å². The van der Waals surface area contributed by atoms with E-state index < -0.39 is 23.7 Å². The zero-order chi connectivity index (χ0) is 23.7. The van der Waals surface area contributed by atoms with E-state index in [2.05, 4.69) is 5.32 Å². The van der Waals surface area contributed by atoms with E-state index in [4.69, 9.17) is 32.7 Å². The van der Waals surface area contributed by atoms with E-state index >= 15 is 0 Å². The molecule has 0 saturated carbocycles. The second kappa shape index (κ2) is 9.13. The molecule has 1 heterocycles. The number of benzene rings is 3. The van der Waals surface area contributed by atoms with Crippen LogP contribution in [-0.4, -0.2) is 21.6 Å². The summed E-state index contributed by atoms with van der Waals surface area (Å²) in [6.07, 6.45) is 0. The fraction of sp³-hybridized carbons (Fsp3) is 0.125. The van der Waals surface area contributed by atoms with E-state index in [-0.39, 0.29) is 28.3 Å². The molecular weight excluding hydrogens is 467 g/mol. The standard InChI is InChI=1S/C24H18Cl2N2O5/c1-13(15-4-6-16(7-5-15)23(30)31)27-22(29)19-10-18(26)11-20-21(19)28(24(32)33-20)12-14-2-8-17(25)9-3-14/h2-11,13H,12H2,1H3,(H,27,29)(H,30,31)/t13-/m0/s1. The molecule has 1 atom stereocenters. The number of amides is 1. The van der Waals surface area contributed by atoms with Gasteiger partial charge >= 0.3 is 11.7 Å². The van der Waals surface area contributed by atoms with Crippen molar-refractivity contribution in [2.45, 2.75) is 19.5 Å². The Bertz CT molecular complexity index is 1410. The Kier molecular flexibility index (Phi) is 6.26. The zero-order valence-electron chi connectivity index (χ0n) is 17.3. The lowest BCUT2D eigenvalue weighted by atomic mass is 10.1. The fourth-order valence-corrected chi connectivity index (χ4v) is 3.87. The molecule has 0 aliphatic carbocycles. The van der Waals surface area contributed by atoms with Crippen LogP contribution in [0.1, 0.15) is 44.8 Å². The minimum atomic E-state index is -1.03. The van der Waals surface area contributed by atoms with Gasteiger partial charge < -0.3 is 14.8 Å². The lowest BCUT2D eigenvalue weighted by Crippen LogP contribution is -2.27. The van der Waals surface area contributed by atoms with Crippen LogP contribution in [-0.2, 0) is 6.54 Å². The average Bonchev–Trinajstić information content (AvgIpc) is 3.09. The highest BCUT2D eigenvalue weighted by molar-refractivity contribution is 6.32. The first-order valence-corrected chi connectivity index (χ1v) is 10.7. The summed E-state index contributed by atoms with van der Waals surface area (Å²) in [4.78, 5) is 36.8. The molecule has 4 aromatic rings. The predicted molar refractivity (Wildman–Crippen MR) is 125 cm³/mol. The summed E-state index contributed by atoms with van der Waals surface area (Å²) in [7, 11) is 0. The molecule has 168 valence electrons. The van der Waals surface area contributed by atoms with Crippen molar-refractivity contribution in [1.82, 2.24) is 9.88 Å². The highest BCUT2D eigenvalue weighted by Crippen LogP contribution is 2.25. The van der Waals surface area contributed by atoms with Crippen molar-refractivity contribution < 1.29 is 19.1 Å². The molecule has 0 bridgehead atoms. The van der Waals surface area contributed by atoms with Crippen LogP contribution in [0.4, 0.5) is 0 Å². The van der Waals surface area contributed by atoms with Gasteiger partial charge in [-0.05, 0) is 48.4 Å². The Labute approximate surface area is 198 Å². The molecule has 9 heteroatoms. The van der Waals surface area contributed by atoms with Crippen LogP contribution >= 0.6 is 23.2 Å². The fourth-order valence-electron chi connectivity index (χ4n) is 3.53. The summed E-state index contributed by atoms with van der Waals surface area (Å²) >= 11 is 12.1. The van der Waals surface area contributed by atoms with Gasteiger partial charge in [0.25, 0.3) is 5.91 Å². The topological polar surface area (TPSA) is 102 Å². The molecule has 1 amide bonds. The molecule has 33 heavy (non-hydrogen) atoms. The van der Waals surface area contributed by atoms with E-state index in [1.807, 2.05) is 0 Å². The van der Waals surface area contributed by atoms with Crippen molar-refractivity contribution in [3.05, 3.63) is 104 Å². The van der Waals surface area contributed by atoms with Crippen molar-refractivity contribution in [2.75, 3.05) is 0 Å². The first-order chi connectivity index (χ1) is 15.7. The molecule has 0 fully saturated rings. The maximum Gasteiger partial charge on any atom is 0.420 e. The third kappa shape index (κ3) is 4.79. The number of halogens is 2. The van der Waals surface area contributed by atoms with E-state index in [1.165, 1.54) is 28.8 Å². The molecule has 3 aromatic carbocycles. The molecule has 0 aliphatic heterocycles. The Morgan fingerprint density at radius 2 is 1.70 bits per heavy atom. The minimum Gasteiger partial charge on any atom is -0.478 e. The normalized spacial score (nSPS) is 12.0. The first-order valence-electron chi connectivity index (χ1n) is 9.94. The quantitative estimate of drug-likeness (QED) is 0.394. The van der Waals surface area contributed by atoms with E-state index in [9.17, 15) is 14.4 Å². The van der Waals surface area contributed by atoms with Gasteiger partial charge in [-0.3, -0.25) is 9.36 Å². The van der Waals surface area contributed by atoms with E-state index in [1.54, 1.807) is 43.3 Å². The molecule has 0 radical (unpaired) electrons. The second-order valence-electron chi connectivity index (χ2n) is 7.50. The Morgan fingerprint density at radius 1 is 1.03 bits per heavy atom. The number of oxazole rings is 1. The Morgan fingerprint density at radius 3 is 2.33 bits per heavy atom. The number of rotatable bonds is 6. The van der Waals surface area contributed by atoms with Crippen molar-refractivity contribution >= 4 is 46.2 Å². The van der Waals surface area contributed by atoms with Gasteiger partial charge in [0.2, 0.25) is 0 Å². The molecule has 0 spiro atoms. The smallest absolute Gasteiger partial charge is 0.420 e. The highest BCUT2D eigenvalue weighted by atomic mass is 35.5. The van der Waals surface area contributed by atoms with Gasteiger partial charge in [-0.15, -0.1) is 0 Å². The Hall–Kier alpha value is -3.55. The van der Waals surface area contributed by atoms with Gasteiger partial charge in [0, 0.05) is 16.1 Å². The summed E-state index contributed by atoms with van der Waals surface area (Å²) in [5, 5.41) is 12.7. The molecule has 2 N–H and O–H groups in total. The number of carbonyl (C=O) groups excluding carboxylic acids is 1. The Balaban J connectivity index is 1.68. The molecule has 0 aliphatic rings. The number of carboxylic acids is 1. The summed E-state index contributed by atoms with van der Waals surface area (Å²) in [6.45, 7) is 1.95. The van der Waals surface area contributed by atoms with Gasteiger partial charge in [0.05, 0.1) is 23.7 Å². The van der Waals surface area contributed by atoms with Crippen LogP contribution in [0, 0.1) is 0 Å². The number of aromatic nitrogens is 1.